The first-order valence-electron chi connectivity index (χ1n) is 2.35. The summed E-state index contributed by atoms with van der Waals surface area (Å²) in [6, 6.07) is 0. The number of thiocarbonyl (C=S) groups is 1. The number of carbonyl (C=O) groups is 1. The summed E-state index contributed by atoms with van der Waals surface area (Å²) >= 11 is 4.55. The van der Waals surface area contributed by atoms with Crippen molar-refractivity contribution >= 4 is 23.0 Å². The first-order valence-corrected chi connectivity index (χ1v) is 2.76. The lowest BCUT2D eigenvalue weighted by Crippen LogP contribution is -2.23. The van der Waals surface area contributed by atoms with Crippen LogP contribution in [0.2, 0.25) is 0 Å². The number of ketones is 1. The minimum atomic E-state index is -0.259. The van der Waals surface area contributed by atoms with E-state index in [0.717, 1.165) is 0 Å². The normalized spacial score (nSPS) is 12.8. The lowest BCUT2D eigenvalue weighted by Gasteiger charge is -2.01. The van der Waals surface area contributed by atoms with Gasteiger partial charge >= 0.3 is 0 Å². The van der Waals surface area contributed by atoms with Crippen molar-refractivity contribution in [3.63, 3.8) is 0 Å². The lowest BCUT2D eigenvalue weighted by molar-refractivity contribution is -0.118. The van der Waals surface area contributed by atoms with Gasteiger partial charge in [0.15, 0.2) is 0 Å². The fourth-order valence-corrected chi connectivity index (χ4v) is 0.366. The number of nitrogens with two attached hydrogens (primary N) is 1. The SMILES string of the molecule is CC(=O)C(C)C(N)=S. The third kappa shape index (κ3) is 2.02. The molecule has 0 aliphatic rings. The molecule has 3 heteroatoms. The van der Waals surface area contributed by atoms with E-state index >= 15 is 0 Å². The van der Waals surface area contributed by atoms with E-state index in [4.69, 9.17) is 5.73 Å². The molecule has 8 heavy (non-hydrogen) atoms. The van der Waals surface area contributed by atoms with Gasteiger partial charge < -0.3 is 5.73 Å². The lowest BCUT2D eigenvalue weighted by atomic mass is 10.1. The van der Waals surface area contributed by atoms with Gasteiger partial charge in [0.2, 0.25) is 0 Å². The van der Waals surface area contributed by atoms with Crippen LogP contribution in [0.25, 0.3) is 0 Å². The Kier molecular flexibility index (Phi) is 2.62. The Hall–Kier alpha value is -0.440. The van der Waals surface area contributed by atoms with E-state index in [9.17, 15) is 4.79 Å². The first-order chi connectivity index (χ1) is 3.55. The van der Waals surface area contributed by atoms with Crippen molar-refractivity contribution < 1.29 is 4.79 Å². The van der Waals surface area contributed by atoms with Crippen LogP contribution in [0.3, 0.4) is 0 Å². The van der Waals surface area contributed by atoms with Gasteiger partial charge in [0.25, 0.3) is 0 Å². The van der Waals surface area contributed by atoms with Gasteiger partial charge in [0.05, 0.1) is 10.9 Å². The van der Waals surface area contributed by atoms with Crippen LogP contribution in [0.5, 0.6) is 0 Å². The second kappa shape index (κ2) is 2.77. The topological polar surface area (TPSA) is 43.1 Å². The first kappa shape index (κ1) is 7.56. The van der Waals surface area contributed by atoms with E-state index in [1.54, 1.807) is 6.92 Å². The molecule has 0 saturated heterocycles. The zero-order valence-corrected chi connectivity index (χ0v) is 5.79. The molecule has 2 nitrogen and oxygen atoms in total. The molecule has 0 heterocycles. The summed E-state index contributed by atoms with van der Waals surface area (Å²) in [5.74, 6) is -0.234. The van der Waals surface area contributed by atoms with Crippen LogP contribution in [0.15, 0.2) is 0 Å². The predicted octanol–water partition coefficient (Wildman–Crippen LogP) is 0.498. The van der Waals surface area contributed by atoms with Crippen LogP contribution in [-0.2, 0) is 4.79 Å². The van der Waals surface area contributed by atoms with Crippen molar-refractivity contribution in [1.29, 1.82) is 0 Å². The van der Waals surface area contributed by atoms with E-state index in [2.05, 4.69) is 12.2 Å². The number of rotatable bonds is 2. The number of Topliss-reactive ketones (excluding diaryl/α,β-unsaturated/α-hetero) is 1. The van der Waals surface area contributed by atoms with Crippen molar-refractivity contribution in [2.45, 2.75) is 13.8 Å². The highest BCUT2D eigenvalue weighted by Crippen LogP contribution is 1.94. The van der Waals surface area contributed by atoms with E-state index in [1.165, 1.54) is 6.92 Å². The third-order valence-electron chi connectivity index (χ3n) is 1.04. The average molecular weight is 131 g/mol. The molecule has 0 rings (SSSR count). The molecule has 2 N–H and O–H groups in total. The van der Waals surface area contributed by atoms with Gasteiger partial charge in [-0.15, -0.1) is 0 Å². The highest BCUT2D eigenvalue weighted by molar-refractivity contribution is 7.80. The molecular weight excluding hydrogens is 122 g/mol. The smallest absolute Gasteiger partial charge is 0.139 e. The fraction of sp³-hybridized carbons (Fsp3) is 0.600. The van der Waals surface area contributed by atoms with Crippen molar-refractivity contribution in [2.24, 2.45) is 11.7 Å². The monoisotopic (exact) mass is 131 g/mol. The molecule has 0 fully saturated rings. The number of hydrogen-bond donors (Lipinski definition) is 1. The number of hydrogen-bond acceptors (Lipinski definition) is 2. The summed E-state index contributed by atoms with van der Waals surface area (Å²) in [7, 11) is 0. The maximum Gasteiger partial charge on any atom is 0.139 e. The fourth-order valence-electron chi connectivity index (χ4n) is 0.200. The Bertz CT molecular complexity index is 108. The second-order valence-corrected chi connectivity index (χ2v) is 2.21. The molecule has 46 valence electrons. The summed E-state index contributed by atoms with van der Waals surface area (Å²) in [4.78, 5) is 10.7. The van der Waals surface area contributed by atoms with E-state index < -0.39 is 0 Å². The summed E-state index contributed by atoms with van der Waals surface area (Å²) in [6.07, 6.45) is 0. The third-order valence-corrected chi connectivity index (χ3v) is 1.39. The van der Waals surface area contributed by atoms with Crippen molar-refractivity contribution in [3.8, 4) is 0 Å². The predicted molar refractivity (Wildman–Crippen MR) is 36.6 cm³/mol. The Morgan fingerprint density at radius 1 is 1.75 bits per heavy atom. The largest absolute Gasteiger partial charge is 0.393 e. The Morgan fingerprint density at radius 2 is 2.12 bits per heavy atom. The second-order valence-electron chi connectivity index (χ2n) is 1.73. The molecule has 0 aromatic heterocycles. The van der Waals surface area contributed by atoms with E-state index in [0.29, 0.717) is 0 Å². The molecule has 1 unspecified atom stereocenters. The van der Waals surface area contributed by atoms with Gasteiger partial charge in [0.1, 0.15) is 5.78 Å². The molecule has 1 atom stereocenters. The molecule has 0 aromatic carbocycles. The molecule has 0 bridgehead atoms. The summed E-state index contributed by atoms with van der Waals surface area (Å²) in [6.45, 7) is 3.18. The number of carbonyl (C=O) groups excluding carboxylic acids is 1. The van der Waals surface area contributed by atoms with E-state index in [-0.39, 0.29) is 16.7 Å². The molecule has 0 aliphatic heterocycles. The maximum atomic E-state index is 10.4. The highest BCUT2D eigenvalue weighted by atomic mass is 32.1. The summed E-state index contributed by atoms with van der Waals surface area (Å²) < 4.78 is 0. The van der Waals surface area contributed by atoms with Crippen LogP contribution in [0.4, 0.5) is 0 Å². The zero-order chi connectivity index (χ0) is 6.73. The van der Waals surface area contributed by atoms with Gasteiger partial charge in [-0.1, -0.05) is 12.2 Å². The van der Waals surface area contributed by atoms with E-state index in [1.807, 2.05) is 0 Å². The molecular formula is C5H9NOS. The van der Waals surface area contributed by atoms with Crippen molar-refractivity contribution in [3.05, 3.63) is 0 Å². The summed E-state index contributed by atoms with van der Waals surface area (Å²) in [5.41, 5.74) is 5.15. The Morgan fingerprint density at radius 3 is 2.12 bits per heavy atom. The van der Waals surface area contributed by atoms with Crippen LogP contribution in [-0.4, -0.2) is 10.8 Å². The molecule has 0 aromatic rings. The highest BCUT2D eigenvalue weighted by Gasteiger charge is 2.08. The minimum Gasteiger partial charge on any atom is -0.393 e. The maximum absolute atomic E-state index is 10.4. The Labute approximate surface area is 54.1 Å². The average Bonchev–Trinajstić information content (AvgIpc) is 1.64. The van der Waals surface area contributed by atoms with Crippen molar-refractivity contribution in [2.75, 3.05) is 0 Å². The molecule has 0 amide bonds. The molecule has 0 aliphatic carbocycles. The van der Waals surface area contributed by atoms with Crippen LogP contribution >= 0.6 is 12.2 Å². The van der Waals surface area contributed by atoms with Gasteiger partial charge in [-0.05, 0) is 13.8 Å². The quantitative estimate of drug-likeness (QED) is 0.555. The molecule has 0 spiro atoms. The van der Waals surface area contributed by atoms with Crippen LogP contribution in [0.1, 0.15) is 13.8 Å². The van der Waals surface area contributed by atoms with Crippen molar-refractivity contribution in [1.82, 2.24) is 0 Å². The van der Waals surface area contributed by atoms with Crippen LogP contribution in [0, 0.1) is 5.92 Å². The minimum absolute atomic E-state index is 0.0255. The summed E-state index contributed by atoms with van der Waals surface area (Å²) in [5, 5.41) is 0. The van der Waals surface area contributed by atoms with Gasteiger partial charge in [-0.25, -0.2) is 0 Å². The van der Waals surface area contributed by atoms with Crippen LogP contribution < -0.4 is 5.73 Å². The Balaban J connectivity index is 3.83. The van der Waals surface area contributed by atoms with Gasteiger partial charge in [0, 0.05) is 0 Å². The molecule has 0 saturated carbocycles. The standard InChI is InChI=1S/C5H9NOS/c1-3(4(2)7)5(6)8/h3H,1-2H3,(H2,6,8). The zero-order valence-electron chi connectivity index (χ0n) is 4.97. The van der Waals surface area contributed by atoms with Gasteiger partial charge in [-0.3, -0.25) is 4.79 Å². The van der Waals surface area contributed by atoms with Gasteiger partial charge in [-0.2, -0.15) is 0 Å². The molecule has 0 radical (unpaired) electrons.